The van der Waals surface area contributed by atoms with Gasteiger partial charge >= 0.3 is 6.61 Å². The molecule has 1 fully saturated rings. The van der Waals surface area contributed by atoms with Gasteiger partial charge < -0.3 is 14.5 Å². The second-order valence-electron chi connectivity index (χ2n) is 5.42. The quantitative estimate of drug-likeness (QED) is 0.830. The number of likely N-dealkylation sites (tertiary alicyclic amines) is 1. The zero-order valence-electron chi connectivity index (χ0n) is 12.8. The van der Waals surface area contributed by atoms with Gasteiger partial charge in [-0.05, 0) is 38.6 Å². The van der Waals surface area contributed by atoms with Crippen molar-refractivity contribution in [3.63, 3.8) is 0 Å². The van der Waals surface area contributed by atoms with E-state index in [1.54, 1.807) is 28.8 Å². The Morgan fingerprint density at radius 1 is 1.41 bits per heavy atom. The largest absolute Gasteiger partial charge is 0.435 e. The fourth-order valence-electron chi connectivity index (χ4n) is 2.64. The molecule has 0 aliphatic carbocycles. The number of amides is 1. The van der Waals surface area contributed by atoms with Crippen molar-refractivity contribution in [1.29, 1.82) is 0 Å². The predicted octanol–water partition coefficient (Wildman–Crippen LogP) is 2.41. The van der Waals surface area contributed by atoms with Crippen molar-refractivity contribution in [2.75, 3.05) is 33.4 Å². The van der Waals surface area contributed by atoms with Gasteiger partial charge in [-0.25, -0.2) is 0 Å². The summed E-state index contributed by atoms with van der Waals surface area (Å²) in [4.78, 5) is 16.5. The van der Waals surface area contributed by atoms with E-state index in [2.05, 4.69) is 9.64 Å². The van der Waals surface area contributed by atoms with E-state index in [1.165, 1.54) is 12.1 Å². The van der Waals surface area contributed by atoms with Gasteiger partial charge in [-0.3, -0.25) is 4.79 Å². The van der Waals surface area contributed by atoms with Crippen LogP contribution in [0.25, 0.3) is 0 Å². The number of hydrogen-bond acceptors (Lipinski definition) is 4. The molecule has 1 aromatic carbocycles. The zero-order chi connectivity index (χ0) is 16.3. The van der Waals surface area contributed by atoms with Gasteiger partial charge in [0, 0.05) is 29.9 Å². The Labute approximate surface area is 133 Å². The molecule has 1 aliphatic heterocycles. The summed E-state index contributed by atoms with van der Waals surface area (Å²) in [6.45, 7) is -1.60. The van der Waals surface area contributed by atoms with Gasteiger partial charge in [-0.2, -0.15) is 20.5 Å². The Hall–Kier alpha value is -1.34. The molecule has 0 bridgehead atoms. The molecule has 22 heavy (non-hydrogen) atoms. The molecule has 1 amide bonds. The lowest BCUT2D eigenvalue weighted by Crippen LogP contribution is -2.37. The molecule has 0 spiro atoms. The van der Waals surface area contributed by atoms with Crippen molar-refractivity contribution in [2.45, 2.75) is 17.9 Å². The Kier molecular flexibility index (Phi) is 5.63. The summed E-state index contributed by atoms with van der Waals surface area (Å²) >= 11 is 1.74. The molecule has 0 unspecified atom stereocenters. The third kappa shape index (κ3) is 3.89. The van der Waals surface area contributed by atoms with Gasteiger partial charge in [0.25, 0.3) is 5.91 Å². The number of carbonyl (C=O) groups excluding carboxylic acids is 1. The average Bonchev–Trinajstić information content (AvgIpc) is 2.90. The van der Waals surface area contributed by atoms with Gasteiger partial charge in [0.2, 0.25) is 0 Å². The minimum Gasteiger partial charge on any atom is -0.435 e. The second-order valence-corrected chi connectivity index (χ2v) is 6.50. The molecule has 4 nitrogen and oxygen atoms in total. The lowest BCUT2D eigenvalue weighted by Gasteiger charge is -2.23. The highest BCUT2D eigenvalue weighted by Gasteiger charge is 2.36. The van der Waals surface area contributed by atoms with E-state index in [4.69, 9.17) is 0 Å². The maximum atomic E-state index is 12.6. The Morgan fingerprint density at radius 3 is 2.68 bits per heavy atom. The van der Waals surface area contributed by atoms with Crippen LogP contribution in [0.1, 0.15) is 10.4 Å². The van der Waals surface area contributed by atoms with E-state index in [1.807, 2.05) is 20.4 Å². The number of carbonyl (C=O) groups is 1. The molecule has 1 heterocycles. The van der Waals surface area contributed by atoms with Crippen molar-refractivity contribution in [3.05, 3.63) is 29.8 Å². The Balaban J connectivity index is 2.12. The number of halogens is 2. The Morgan fingerprint density at radius 2 is 2.14 bits per heavy atom. The van der Waals surface area contributed by atoms with Crippen LogP contribution in [-0.2, 0) is 0 Å². The van der Waals surface area contributed by atoms with Crippen molar-refractivity contribution in [1.82, 2.24) is 9.80 Å². The molecule has 2 atom stereocenters. The fourth-order valence-corrected chi connectivity index (χ4v) is 3.61. The number of benzene rings is 1. The van der Waals surface area contributed by atoms with Crippen LogP contribution < -0.4 is 4.74 Å². The van der Waals surface area contributed by atoms with Crippen LogP contribution in [0.4, 0.5) is 8.78 Å². The number of alkyl halides is 2. The number of ether oxygens (including phenoxy) is 1. The highest BCUT2D eigenvalue weighted by Crippen LogP contribution is 2.26. The summed E-state index contributed by atoms with van der Waals surface area (Å²) < 4.78 is 28.9. The number of thioether (sulfide) groups is 1. The maximum Gasteiger partial charge on any atom is 0.387 e. The zero-order valence-corrected chi connectivity index (χ0v) is 13.6. The smallest absolute Gasteiger partial charge is 0.387 e. The molecule has 122 valence electrons. The molecule has 1 aliphatic rings. The van der Waals surface area contributed by atoms with E-state index in [-0.39, 0.29) is 11.7 Å². The Bertz CT molecular complexity index is 528. The van der Waals surface area contributed by atoms with Crippen LogP contribution in [0, 0.1) is 0 Å². The SMILES string of the molecule is CS[C@@H]1CN(C(=O)c2cccc(OC(F)F)c2)C[C@H]1N(C)C. The maximum absolute atomic E-state index is 12.6. The minimum atomic E-state index is -2.89. The van der Waals surface area contributed by atoms with Crippen molar-refractivity contribution >= 4 is 17.7 Å². The third-order valence-corrected chi connectivity index (χ3v) is 4.87. The highest BCUT2D eigenvalue weighted by molar-refractivity contribution is 7.99. The van der Waals surface area contributed by atoms with Crippen molar-refractivity contribution in [3.8, 4) is 5.75 Å². The number of hydrogen-bond donors (Lipinski definition) is 0. The first kappa shape index (κ1) is 17.0. The van der Waals surface area contributed by atoms with Gasteiger partial charge in [-0.1, -0.05) is 6.07 Å². The first-order chi connectivity index (χ1) is 10.4. The summed E-state index contributed by atoms with van der Waals surface area (Å²) in [5.41, 5.74) is 0.373. The van der Waals surface area contributed by atoms with Crippen LogP contribution >= 0.6 is 11.8 Å². The minimum absolute atomic E-state index is 0.00521. The molecule has 2 rings (SSSR count). The molecule has 7 heteroatoms. The summed E-state index contributed by atoms with van der Waals surface area (Å²) in [6, 6.07) is 6.25. The van der Waals surface area contributed by atoms with Gasteiger partial charge in [0.05, 0.1) is 0 Å². The molecule has 0 N–H and O–H groups in total. The number of likely N-dealkylation sites (N-methyl/N-ethyl adjacent to an activating group) is 1. The van der Waals surface area contributed by atoms with Crippen LogP contribution in [0.15, 0.2) is 24.3 Å². The number of nitrogens with zero attached hydrogens (tertiary/aromatic N) is 2. The molecule has 0 radical (unpaired) electrons. The van der Waals surface area contributed by atoms with Crippen LogP contribution in [0.5, 0.6) is 5.75 Å². The van der Waals surface area contributed by atoms with Gasteiger partial charge in [0.1, 0.15) is 5.75 Å². The van der Waals surface area contributed by atoms with E-state index >= 15 is 0 Å². The molecular formula is C15H20F2N2O2S. The van der Waals surface area contributed by atoms with Crippen molar-refractivity contribution < 1.29 is 18.3 Å². The topological polar surface area (TPSA) is 32.8 Å². The first-order valence-corrected chi connectivity index (χ1v) is 8.24. The number of rotatable bonds is 5. The van der Waals surface area contributed by atoms with Gasteiger partial charge in [0.15, 0.2) is 0 Å². The summed E-state index contributed by atoms with van der Waals surface area (Å²) in [5.74, 6) is -0.145. The highest BCUT2D eigenvalue weighted by atomic mass is 32.2. The molecule has 1 saturated heterocycles. The van der Waals surface area contributed by atoms with Crippen LogP contribution in [0.2, 0.25) is 0 Å². The predicted molar refractivity (Wildman–Crippen MR) is 83.8 cm³/mol. The molecule has 0 aromatic heterocycles. The van der Waals surface area contributed by atoms with Crippen LogP contribution in [0.3, 0.4) is 0 Å². The third-order valence-electron chi connectivity index (χ3n) is 3.80. The van der Waals surface area contributed by atoms with E-state index in [9.17, 15) is 13.6 Å². The first-order valence-electron chi connectivity index (χ1n) is 6.95. The second kappa shape index (κ2) is 7.28. The fraction of sp³-hybridized carbons (Fsp3) is 0.533. The van der Waals surface area contributed by atoms with Crippen LogP contribution in [-0.4, -0.2) is 67.1 Å². The summed E-state index contributed by atoms with van der Waals surface area (Å²) in [7, 11) is 4.00. The standard InChI is InChI=1S/C15H20F2N2O2S/c1-18(2)12-8-19(9-13(12)22-3)14(20)10-5-4-6-11(7-10)21-15(16)17/h4-7,12-13,15H,8-9H2,1-3H3/t12-,13-/m1/s1. The summed E-state index contributed by atoms with van der Waals surface area (Å²) in [5, 5.41) is 0.347. The van der Waals surface area contributed by atoms with E-state index in [0.717, 1.165) is 0 Å². The van der Waals surface area contributed by atoms with E-state index in [0.29, 0.717) is 29.9 Å². The molecule has 0 saturated carbocycles. The monoisotopic (exact) mass is 330 g/mol. The van der Waals surface area contributed by atoms with Crippen molar-refractivity contribution in [2.24, 2.45) is 0 Å². The summed E-state index contributed by atoms with van der Waals surface area (Å²) in [6.07, 6.45) is 2.03. The molecule has 1 aromatic rings. The molecular weight excluding hydrogens is 310 g/mol. The normalized spacial score (nSPS) is 21.7. The lowest BCUT2D eigenvalue weighted by atomic mass is 10.2. The van der Waals surface area contributed by atoms with E-state index < -0.39 is 6.61 Å². The van der Waals surface area contributed by atoms with Gasteiger partial charge in [-0.15, -0.1) is 0 Å². The average molecular weight is 330 g/mol. The lowest BCUT2D eigenvalue weighted by molar-refractivity contribution is -0.0499.